The highest BCUT2D eigenvalue weighted by Crippen LogP contribution is 2.41. The summed E-state index contributed by atoms with van der Waals surface area (Å²) in [5, 5.41) is 23.5. The minimum atomic E-state index is -4.67. The van der Waals surface area contributed by atoms with E-state index >= 15 is 0 Å². The normalized spacial score (nSPS) is 11.7. The lowest BCUT2D eigenvalue weighted by molar-refractivity contribution is 0.102. The van der Waals surface area contributed by atoms with Gasteiger partial charge in [-0.05, 0) is 60.7 Å². The van der Waals surface area contributed by atoms with Crippen LogP contribution in [-0.2, 0) is 16.5 Å². The van der Waals surface area contributed by atoms with Gasteiger partial charge in [-0.1, -0.05) is 54.4 Å². The zero-order valence-corrected chi connectivity index (χ0v) is 23.1. The molecule has 0 bridgehead atoms. The van der Waals surface area contributed by atoms with Crippen LogP contribution < -0.4 is 10.1 Å². The first-order chi connectivity index (χ1) is 18.5. The average Bonchev–Trinajstić information content (AvgIpc) is 2.88. The minimum Gasteiger partial charge on any atom is -0.505 e. The maximum Gasteiger partial charge on any atom is 0.296 e. The number of anilines is 1. The van der Waals surface area contributed by atoms with Gasteiger partial charge >= 0.3 is 0 Å². The molecule has 39 heavy (non-hydrogen) atoms. The van der Waals surface area contributed by atoms with Crippen LogP contribution in [0.15, 0.2) is 75.8 Å². The average molecular weight is 588 g/mol. The third-order valence-corrected chi connectivity index (χ3v) is 7.24. The minimum absolute atomic E-state index is 0.0913. The molecule has 0 aliphatic carbocycles. The predicted molar refractivity (Wildman–Crippen MR) is 151 cm³/mol. The fraction of sp³-hybridized carbons (Fsp3) is 0.148. The van der Waals surface area contributed by atoms with Gasteiger partial charge in [0.2, 0.25) is 0 Å². The first-order valence-corrected chi connectivity index (χ1v) is 13.9. The Labute approximate surface area is 234 Å². The van der Waals surface area contributed by atoms with Crippen LogP contribution in [0.2, 0.25) is 10.0 Å². The molecule has 4 aromatic carbocycles. The topological polar surface area (TPSA) is 138 Å². The number of aromatic hydroxyl groups is 1. The van der Waals surface area contributed by atoms with E-state index in [-0.39, 0.29) is 22.0 Å². The van der Waals surface area contributed by atoms with E-state index in [1.807, 2.05) is 0 Å². The molecule has 4 aromatic rings. The first-order valence-electron chi connectivity index (χ1n) is 11.7. The summed E-state index contributed by atoms with van der Waals surface area (Å²) in [5.74, 6) is -0.785. The quantitative estimate of drug-likeness (QED) is 0.142. The van der Waals surface area contributed by atoms with Gasteiger partial charge in [-0.15, -0.1) is 10.2 Å². The fourth-order valence-corrected chi connectivity index (χ4v) is 5.03. The van der Waals surface area contributed by atoms with Crippen molar-refractivity contribution < 1.29 is 27.6 Å². The van der Waals surface area contributed by atoms with Gasteiger partial charge in [0.1, 0.15) is 22.0 Å². The molecule has 1 amide bonds. The molecule has 0 aromatic heterocycles. The molecule has 0 saturated heterocycles. The van der Waals surface area contributed by atoms with E-state index in [4.69, 9.17) is 27.9 Å². The Kier molecular flexibility index (Phi) is 8.41. The number of nitrogens with one attached hydrogen (secondary N) is 1. The molecule has 0 spiro atoms. The highest BCUT2D eigenvalue weighted by atomic mass is 35.5. The Bertz CT molecular complexity index is 1720. The van der Waals surface area contributed by atoms with Crippen molar-refractivity contribution in [1.82, 2.24) is 0 Å². The Morgan fingerprint density at radius 2 is 1.77 bits per heavy atom. The second kappa shape index (κ2) is 11.6. The zero-order valence-electron chi connectivity index (χ0n) is 20.8. The maximum atomic E-state index is 13.3. The van der Waals surface area contributed by atoms with Gasteiger partial charge in [-0.3, -0.25) is 9.35 Å². The van der Waals surface area contributed by atoms with Gasteiger partial charge in [0, 0.05) is 15.4 Å². The molecule has 0 atom stereocenters. The van der Waals surface area contributed by atoms with Crippen molar-refractivity contribution in [2.75, 3.05) is 11.9 Å². The van der Waals surface area contributed by atoms with Crippen molar-refractivity contribution in [2.45, 2.75) is 25.2 Å². The van der Waals surface area contributed by atoms with Crippen molar-refractivity contribution in [1.29, 1.82) is 0 Å². The van der Waals surface area contributed by atoms with Gasteiger partial charge in [-0.2, -0.15) is 8.42 Å². The lowest BCUT2D eigenvalue weighted by Gasteiger charge is -2.14. The number of halogens is 2. The lowest BCUT2D eigenvalue weighted by atomic mass is 10.0. The number of rotatable bonds is 8. The van der Waals surface area contributed by atoms with Crippen molar-refractivity contribution in [3.8, 4) is 11.5 Å². The number of fused-ring (bicyclic) bond motifs is 1. The molecular formula is C27H23Cl2N3O6S. The predicted octanol–water partition coefficient (Wildman–Crippen LogP) is 7.73. The van der Waals surface area contributed by atoms with Crippen molar-refractivity contribution in [3.63, 3.8) is 0 Å². The maximum absolute atomic E-state index is 13.3. The molecule has 3 N–H and O–H groups in total. The molecular weight excluding hydrogens is 565 g/mol. The van der Waals surface area contributed by atoms with Crippen molar-refractivity contribution in [2.24, 2.45) is 10.2 Å². The molecule has 0 aliphatic rings. The Balaban J connectivity index is 1.84. The van der Waals surface area contributed by atoms with Crippen LogP contribution in [0.4, 0.5) is 17.1 Å². The number of carbonyl (C=O) groups is 1. The van der Waals surface area contributed by atoms with Gasteiger partial charge in [-0.25, -0.2) is 0 Å². The summed E-state index contributed by atoms with van der Waals surface area (Å²) in [4.78, 5) is 12.8. The Morgan fingerprint density at radius 1 is 1.03 bits per heavy atom. The molecule has 0 heterocycles. The van der Waals surface area contributed by atoms with Crippen molar-refractivity contribution in [3.05, 3.63) is 81.8 Å². The molecule has 0 aliphatic heterocycles. The van der Waals surface area contributed by atoms with E-state index in [1.54, 1.807) is 50.2 Å². The standard InChI is InChI=1S/C27H23Cl2N3O6S/c1-3-15-12-24(39(35,36)37)22(14-20(15)29)31-32-25-18-8-6-5-7-16(18)11-19(26(25)33)27(34)30-21-13-17(28)9-10-23(21)38-4-2/h5-14,33H,3-4H2,1-2H3,(H,30,34)(H,35,36,37). The smallest absolute Gasteiger partial charge is 0.296 e. The molecule has 0 unspecified atom stereocenters. The van der Waals surface area contributed by atoms with Crippen molar-refractivity contribution >= 4 is 67.1 Å². The van der Waals surface area contributed by atoms with E-state index in [9.17, 15) is 22.9 Å². The number of carbonyl (C=O) groups excluding carboxylic acids is 1. The number of hydrogen-bond acceptors (Lipinski definition) is 7. The molecule has 12 heteroatoms. The number of ether oxygens (including phenoxy) is 1. The lowest BCUT2D eigenvalue weighted by Crippen LogP contribution is -2.13. The van der Waals surface area contributed by atoms with Crippen LogP contribution in [0.1, 0.15) is 29.8 Å². The molecule has 4 rings (SSSR count). The summed E-state index contributed by atoms with van der Waals surface area (Å²) in [6.07, 6.45) is 0.416. The molecule has 0 fully saturated rings. The summed E-state index contributed by atoms with van der Waals surface area (Å²) >= 11 is 12.4. The second-order valence-electron chi connectivity index (χ2n) is 8.31. The number of phenols is 1. The van der Waals surface area contributed by atoms with Gasteiger partial charge in [0.15, 0.2) is 5.75 Å². The third-order valence-electron chi connectivity index (χ3n) is 5.77. The highest BCUT2D eigenvalue weighted by Gasteiger charge is 2.22. The summed E-state index contributed by atoms with van der Waals surface area (Å²) in [6, 6.07) is 15.5. The zero-order chi connectivity index (χ0) is 28.3. The molecule has 9 nitrogen and oxygen atoms in total. The van der Waals surface area contributed by atoms with Crippen LogP contribution in [0, 0.1) is 0 Å². The fourth-order valence-electron chi connectivity index (χ4n) is 3.91. The second-order valence-corrected chi connectivity index (χ2v) is 10.5. The van der Waals surface area contributed by atoms with Gasteiger partial charge in [0.25, 0.3) is 16.0 Å². The van der Waals surface area contributed by atoms with Crippen LogP contribution >= 0.6 is 23.2 Å². The van der Waals surface area contributed by atoms with Crippen LogP contribution in [0.25, 0.3) is 10.8 Å². The number of nitrogens with zero attached hydrogens (tertiary/aromatic N) is 2. The van der Waals surface area contributed by atoms with E-state index in [0.717, 1.165) is 0 Å². The molecule has 0 radical (unpaired) electrons. The number of amides is 1. The number of phenolic OH excluding ortho intramolecular Hbond substituents is 1. The third kappa shape index (κ3) is 6.15. The van der Waals surface area contributed by atoms with E-state index in [1.165, 1.54) is 24.3 Å². The largest absolute Gasteiger partial charge is 0.505 e. The van der Waals surface area contributed by atoms with E-state index in [2.05, 4.69) is 15.5 Å². The number of aryl methyl sites for hydroxylation is 1. The number of hydrogen-bond donors (Lipinski definition) is 3. The molecule has 0 saturated carbocycles. The van der Waals surface area contributed by atoms with Crippen LogP contribution in [0.3, 0.4) is 0 Å². The number of azo groups is 1. The Hall–Kier alpha value is -3.70. The summed E-state index contributed by atoms with van der Waals surface area (Å²) in [5.41, 5.74) is 0.334. The monoisotopic (exact) mass is 587 g/mol. The number of benzene rings is 4. The SMILES string of the molecule is CCOc1ccc(Cl)cc1NC(=O)c1cc2ccccc2c(N=Nc2cc(Cl)c(CC)cc2S(=O)(=O)O)c1O. The van der Waals surface area contributed by atoms with Crippen LogP contribution in [-0.4, -0.2) is 30.6 Å². The van der Waals surface area contributed by atoms with Gasteiger partial charge < -0.3 is 15.2 Å². The summed E-state index contributed by atoms with van der Waals surface area (Å²) in [6.45, 7) is 3.92. The van der Waals surface area contributed by atoms with Gasteiger partial charge in [0.05, 0.1) is 17.9 Å². The van der Waals surface area contributed by atoms with E-state index < -0.39 is 26.7 Å². The van der Waals surface area contributed by atoms with E-state index in [0.29, 0.717) is 45.8 Å². The first kappa shape index (κ1) is 28.3. The molecule has 202 valence electrons. The van der Waals surface area contributed by atoms with Crippen LogP contribution in [0.5, 0.6) is 11.5 Å². The summed E-state index contributed by atoms with van der Waals surface area (Å²) in [7, 11) is -4.67. The summed E-state index contributed by atoms with van der Waals surface area (Å²) < 4.78 is 39.4. The highest BCUT2D eigenvalue weighted by molar-refractivity contribution is 7.86. The Morgan fingerprint density at radius 3 is 2.46 bits per heavy atom.